The molecular formula is C25H26N4O4. The highest BCUT2D eigenvalue weighted by Crippen LogP contribution is 2.27. The first kappa shape index (κ1) is 21.4. The van der Waals surface area contributed by atoms with Crippen LogP contribution in [0.3, 0.4) is 0 Å². The van der Waals surface area contributed by atoms with Crippen molar-refractivity contribution in [2.75, 3.05) is 26.3 Å². The van der Waals surface area contributed by atoms with E-state index in [-0.39, 0.29) is 0 Å². The van der Waals surface area contributed by atoms with E-state index in [1.54, 1.807) is 18.6 Å². The number of fused-ring (bicyclic) bond motifs is 1. The molecule has 0 atom stereocenters. The minimum atomic E-state index is 0.339. The lowest BCUT2D eigenvalue weighted by Gasteiger charge is -2.22. The van der Waals surface area contributed by atoms with Crippen molar-refractivity contribution in [1.82, 2.24) is 20.3 Å². The highest BCUT2D eigenvalue weighted by Gasteiger charge is 2.13. The van der Waals surface area contributed by atoms with Crippen molar-refractivity contribution in [3.63, 3.8) is 0 Å². The Kier molecular flexibility index (Phi) is 6.74. The van der Waals surface area contributed by atoms with E-state index in [0.717, 1.165) is 48.5 Å². The zero-order valence-corrected chi connectivity index (χ0v) is 18.3. The van der Waals surface area contributed by atoms with Gasteiger partial charge in [-0.15, -0.1) is 0 Å². The third-order valence-corrected chi connectivity index (χ3v) is 5.44. The Balaban J connectivity index is 1.11. The number of nitrogens with zero attached hydrogens (tertiary/aromatic N) is 3. The van der Waals surface area contributed by atoms with Crippen molar-refractivity contribution in [2.24, 2.45) is 0 Å². The SMILES string of the molecule is c1cncc(-c2nc3cc(OCc4ccc(OCCOC5CCNCC5)cn4)ccc3o2)c1. The molecule has 4 aromatic rings. The fourth-order valence-electron chi connectivity index (χ4n) is 3.69. The highest BCUT2D eigenvalue weighted by molar-refractivity contribution is 5.77. The minimum absolute atomic E-state index is 0.339. The monoisotopic (exact) mass is 446 g/mol. The Bertz CT molecular complexity index is 1160. The summed E-state index contributed by atoms with van der Waals surface area (Å²) in [5.74, 6) is 1.96. The van der Waals surface area contributed by atoms with Gasteiger partial charge in [-0.3, -0.25) is 9.97 Å². The lowest BCUT2D eigenvalue weighted by atomic mass is 10.1. The smallest absolute Gasteiger partial charge is 0.228 e. The van der Waals surface area contributed by atoms with Crippen LogP contribution in [0.4, 0.5) is 0 Å². The molecule has 8 nitrogen and oxygen atoms in total. The largest absolute Gasteiger partial charge is 0.490 e. The molecule has 0 bridgehead atoms. The fraction of sp³-hybridized carbons (Fsp3) is 0.320. The van der Waals surface area contributed by atoms with Crippen molar-refractivity contribution in [1.29, 1.82) is 0 Å². The molecular weight excluding hydrogens is 420 g/mol. The molecule has 1 N–H and O–H groups in total. The van der Waals surface area contributed by atoms with Gasteiger partial charge in [0.05, 0.1) is 30.2 Å². The summed E-state index contributed by atoms with van der Waals surface area (Å²) in [5, 5.41) is 3.33. The number of aromatic nitrogens is 3. The third-order valence-electron chi connectivity index (χ3n) is 5.44. The second kappa shape index (κ2) is 10.4. The Labute approximate surface area is 191 Å². The van der Waals surface area contributed by atoms with Gasteiger partial charge in [0.1, 0.15) is 30.2 Å². The number of piperidine rings is 1. The first-order chi connectivity index (χ1) is 16.3. The quantitative estimate of drug-likeness (QED) is 0.386. The average molecular weight is 447 g/mol. The van der Waals surface area contributed by atoms with Gasteiger partial charge in [-0.25, -0.2) is 4.98 Å². The lowest BCUT2D eigenvalue weighted by molar-refractivity contribution is 0.0168. The maximum atomic E-state index is 5.90. The third kappa shape index (κ3) is 5.66. The summed E-state index contributed by atoms with van der Waals surface area (Å²) in [5.41, 5.74) is 3.07. The summed E-state index contributed by atoms with van der Waals surface area (Å²) in [6.07, 6.45) is 7.62. The first-order valence-corrected chi connectivity index (χ1v) is 11.2. The summed E-state index contributed by atoms with van der Waals surface area (Å²) in [4.78, 5) is 13.1. The molecule has 5 rings (SSSR count). The van der Waals surface area contributed by atoms with Crippen LogP contribution in [-0.2, 0) is 11.3 Å². The van der Waals surface area contributed by atoms with E-state index in [9.17, 15) is 0 Å². The number of pyridine rings is 2. The Morgan fingerprint density at radius 1 is 0.970 bits per heavy atom. The van der Waals surface area contributed by atoms with Crippen LogP contribution in [0.15, 0.2) is 65.5 Å². The van der Waals surface area contributed by atoms with E-state index >= 15 is 0 Å². The van der Waals surface area contributed by atoms with Crippen molar-refractivity contribution in [3.05, 3.63) is 66.7 Å². The van der Waals surface area contributed by atoms with Gasteiger partial charge in [0.2, 0.25) is 5.89 Å². The summed E-state index contributed by atoms with van der Waals surface area (Å²) >= 11 is 0. The van der Waals surface area contributed by atoms with E-state index in [1.165, 1.54) is 0 Å². The van der Waals surface area contributed by atoms with Crippen molar-refractivity contribution >= 4 is 11.1 Å². The molecule has 0 aliphatic carbocycles. The predicted octanol–water partition coefficient (Wildman–Crippen LogP) is 4.01. The average Bonchev–Trinajstić information content (AvgIpc) is 3.31. The maximum absolute atomic E-state index is 5.90. The molecule has 4 heterocycles. The lowest BCUT2D eigenvalue weighted by Crippen LogP contribution is -2.33. The van der Waals surface area contributed by atoms with E-state index in [0.29, 0.717) is 43.1 Å². The molecule has 0 spiro atoms. The summed E-state index contributed by atoms with van der Waals surface area (Å²) < 4.78 is 23.3. The van der Waals surface area contributed by atoms with Crippen LogP contribution in [0.1, 0.15) is 18.5 Å². The summed E-state index contributed by atoms with van der Waals surface area (Å²) in [6.45, 7) is 3.50. The maximum Gasteiger partial charge on any atom is 0.228 e. The van der Waals surface area contributed by atoms with Crippen LogP contribution in [0.2, 0.25) is 0 Å². The van der Waals surface area contributed by atoms with E-state index in [2.05, 4.69) is 20.3 Å². The van der Waals surface area contributed by atoms with Gasteiger partial charge in [0.25, 0.3) is 0 Å². The molecule has 0 radical (unpaired) electrons. The predicted molar refractivity (Wildman–Crippen MR) is 123 cm³/mol. The standard InChI is InChI=1S/C25H26N4O4/c1-2-18(15-27-9-1)25-29-23-14-21(5-6-24(23)33-25)32-17-19-3-4-22(16-28-19)31-13-12-30-20-7-10-26-11-8-20/h1-6,9,14-16,20,26H,7-8,10-13,17H2. The molecule has 170 valence electrons. The molecule has 8 heteroatoms. The normalized spacial score (nSPS) is 14.4. The molecule has 1 aliphatic heterocycles. The number of nitrogens with one attached hydrogen (secondary N) is 1. The van der Waals surface area contributed by atoms with Crippen LogP contribution < -0.4 is 14.8 Å². The Morgan fingerprint density at radius 2 is 1.88 bits per heavy atom. The minimum Gasteiger partial charge on any atom is -0.490 e. The van der Waals surface area contributed by atoms with Gasteiger partial charge in [-0.2, -0.15) is 0 Å². The van der Waals surface area contributed by atoms with Crippen LogP contribution in [0, 0.1) is 0 Å². The number of hydrogen-bond donors (Lipinski definition) is 1. The van der Waals surface area contributed by atoms with Crippen LogP contribution >= 0.6 is 0 Å². The van der Waals surface area contributed by atoms with Crippen molar-refractivity contribution < 1.29 is 18.6 Å². The van der Waals surface area contributed by atoms with Gasteiger partial charge in [0.15, 0.2) is 5.58 Å². The first-order valence-electron chi connectivity index (χ1n) is 11.2. The molecule has 1 saturated heterocycles. The number of ether oxygens (including phenoxy) is 3. The molecule has 1 aromatic carbocycles. The molecule has 3 aromatic heterocycles. The highest BCUT2D eigenvalue weighted by atomic mass is 16.5. The number of hydrogen-bond acceptors (Lipinski definition) is 8. The van der Waals surface area contributed by atoms with E-state index in [4.69, 9.17) is 18.6 Å². The fourth-order valence-corrected chi connectivity index (χ4v) is 3.69. The Morgan fingerprint density at radius 3 is 2.70 bits per heavy atom. The van der Waals surface area contributed by atoms with Crippen LogP contribution in [0.5, 0.6) is 11.5 Å². The van der Waals surface area contributed by atoms with Crippen LogP contribution in [-0.4, -0.2) is 47.4 Å². The summed E-state index contributed by atoms with van der Waals surface area (Å²) in [6, 6.07) is 13.1. The molecule has 33 heavy (non-hydrogen) atoms. The van der Waals surface area contributed by atoms with Gasteiger partial charge in [-0.05, 0) is 62.3 Å². The zero-order chi connectivity index (χ0) is 22.3. The molecule has 1 aliphatic rings. The number of benzene rings is 1. The van der Waals surface area contributed by atoms with Crippen molar-refractivity contribution in [2.45, 2.75) is 25.6 Å². The molecule has 0 amide bonds. The van der Waals surface area contributed by atoms with Crippen molar-refractivity contribution in [3.8, 4) is 23.0 Å². The van der Waals surface area contributed by atoms with Gasteiger partial charge in [-0.1, -0.05) is 0 Å². The summed E-state index contributed by atoms with van der Waals surface area (Å²) in [7, 11) is 0. The van der Waals surface area contributed by atoms with Gasteiger partial charge < -0.3 is 23.9 Å². The van der Waals surface area contributed by atoms with E-state index in [1.807, 2.05) is 42.5 Å². The second-order valence-electron chi connectivity index (χ2n) is 7.83. The van der Waals surface area contributed by atoms with E-state index < -0.39 is 0 Å². The van der Waals surface area contributed by atoms with Gasteiger partial charge >= 0.3 is 0 Å². The van der Waals surface area contributed by atoms with Crippen LogP contribution in [0.25, 0.3) is 22.6 Å². The molecule has 0 saturated carbocycles. The molecule has 0 unspecified atom stereocenters. The van der Waals surface area contributed by atoms with Gasteiger partial charge in [0, 0.05) is 18.5 Å². The second-order valence-corrected chi connectivity index (χ2v) is 7.83. The molecule has 1 fully saturated rings. The number of oxazole rings is 1. The Hall–Kier alpha value is -3.49. The zero-order valence-electron chi connectivity index (χ0n) is 18.3. The topological polar surface area (TPSA) is 91.5 Å². The number of rotatable bonds is 9.